The maximum absolute atomic E-state index is 6.30. The van der Waals surface area contributed by atoms with Gasteiger partial charge in [-0.2, -0.15) is 0 Å². The summed E-state index contributed by atoms with van der Waals surface area (Å²) in [5.74, 6) is 3.07. The van der Waals surface area contributed by atoms with Crippen molar-refractivity contribution in [1.82, 2.24) is 30.2 Å². The van der Waals surface area contributed by atoms with Crippen LogP contribution in [0.15, 0.2) is 43.0 Å². The molecular formula is C27H28Cl2N8. The van der Waals surface area contributed by atoms with E-state index in [0.717, 1.165) is 41.8 Å². The Morgan fingerprint density at radius 3 is 2.65 bits per heavy atom. The molecule has 0 spiro atoms. The highest BCUT2D eigenvalue weighted by molar-refractivity contribution is 6.36. The van der Waals surface area contributed by atoms with E-state index in [0.29, 0.717) is 33.4 Å². The summed E-state index contributed by atoms with van der Waals surface area (Å²) < 4.78 is 0. The molecule has 4 aromatic rings. The van der Waals surface area contributed by atoms with Crippen molar-refractivity contribution in [3.8, 4) is 11.4 Å². The maximum Gasteiger partial charge on any atom is 0.162 e. The van der Waals surface area contributed by atoms with Crippen molar-refractivity contribution in [1.29, 1.82) is 0 Å². The molecule has 2 aliphatic rings. The Balaban J connectivity index is 1.41. The molecule has 190 valence electrons. The highest BCUT2D eigenvalue weighted by Gasteiger charge is 2.34. The first-order chi connectivity index (χ1) is 17.9. The van der Waals surface area contributed by atoms with E-state index in [9.17, 15) is 0 Å². The normalized spacial score (nSPS) is 19.1. The van der Waals surface area contributed by atoms with Crippen molar-refractivity contribution >= 4 is 51.6 Å². The van der Waals surface area contributed by atoms with Gasteiger partial charge in [-0.1, -0.05) is 37.0 Å². The monoisotopic (exact) mass is 534 g/mol. The molecule has 2 fully saturated rings. The van der Waals surface area contributed by atoms with Crippen LogP contribution >= 0.6 is 23.2 Å². The Morgan fingerprint density at radius 2 is 1.86 bits per heavy atom. The number of hydrogen-bond acceptors (Lipinski definition) is 8. The van der Waals surface area contributed by atoms with E-state index in [-0.39, 0.29) is 11.5 Å². The molecule has 0 amide bonds. The summed E-state index contributed by atoms with van der Waals surface area (Å²) in [6.45, 7) is 6.52. The lowest BCUT2D eigenvalue weighted by Gasteiger charge is -2.40. The van der Waals surface area contributed by atoms with Gasteiger partial charge in [-0.15, -0.1) is 0 Å². The highest BCUT2D eigenvalue weighted by Crippen LogP contribution is 2.44. The van der Waals surface area contributed by atoms with E-state index in [4.69, 9.17) is 33.2 Å². The Labute approximate surface area is 225 Å². The molecule has 0 bridgehead atoms. The molecule has 1 saturated heterocycles. The Kier molecular flexibility index (Phi) is 6.34. The zero-order valence-corrected chi connectivity index (χ0v) is 22.2. The molecule has 0 aromatic carbocycles. The molecule has 6 rings (SSSR count). The fourth-order valence-electron chi connectivity index (χ4n) is 4.92. The second kappa shape index (κ2) is 9.67. The first-order valence-electron chi connectivity index (χ1n) is 12.5. The number of hydrogen-bond donors (Lipinski definition) is 3. The first-order valence-corrected chi connectivity index (χ1v) is 13.3. The molecule has 1 atom stereocenters. The molecule has 5 heterocycles. The predicted octanol–water partition coefficient (Wildman–Crippen LogP) is 6.21. The number of rotatable bonds is 6. The fourth-order valence-corrected chi connectivity index (χ4v) is 5.34. The van der Waals surface area contributed by atoms with Crippen molar-refractivity contribution in [2.75, 3.05) is 23.7 Å². The van der Waals surface area contributed by atoms with Crippen LogP contribution in [0.1, 0.15) is 44.6 Å². The van der Waals surface area contributed by atoms with Crippen molar-refractivity contribution in [3.63, 3.8) is 0 Å². The minimum Gasteiger partial charge on any atom is -0.366 e. The van der Waals surface area contributed by atoms with Gasteiger partial charge in [0.05, 0.1) is 21.8 Å². The Bertz CT molecular complexity index is 1470. The second-order valence-electron chi connectivity index (χ2n) is 10.5. The molecule has 1 aliphatic heterocycles. The second-order valence-corrected chi connectivity index (χ2v) is 11.3. The number of nitrogens with one attached hydrogen (secondary N) is 3. The lowest BCUT2D eigenvalue weighted by Crippen LogP contribution is -2.49. The Hall–Kier alpha value is -3.07. The van der Waals surface area contributed by atoms with Crippen LogP contribution in [0.3, 0.4) is 0 Å². The summed E-state index contributed by atoms with van der Waals surface area (Å²) in [7, 11) is 0. The van der Waals surface area contributed by atoms with Crippen LogP contribution in [0.25, 0.3) is 22.3 Å². The van der Waals surface area contributed by atoms with Crippen LogP contribution in [0.4, 0.5) is 17.5 Å². The molecule has 10 heteroatoms. The number of halogens is 2. The SMILES string of the molecule is CC1(C)CNCC[C@@H]1Nc1nc(-c2ccnc(Nc3ncc(Cl)cc3Cl)c2)nc2cncc(C3CC3)c12. The van der Waals surface area contributed by atoms with Gasteiger partial charge in [-0.3, -0.25) is 4.98 Å². The van der Waals surface area contributed by atoms with Gasteiger partial charge in [-0.25, -0.2) is 19.9 Å². The standard InChI is InChI=1S/C27H28Cl2N8/c1-27(2)14-30-7-6-21(27)35-26-23-18(15-3-4-15)12-31-13-20(23)34-24(37-26)16-5-8-32-22(9-16)36-25-19(29)10-17(28)11-33-25/h5,8-13,15,21,30H,3-4,6-7,14H2,1-2H3,(H,32,33,36)(H,34,35,37)/t21-/m0/s1. The molecule has 0 unspecified atom stereocenters. The average molecular weight is 535 g/mol. The first kappa shape index (κ1) is 24.3. The number of pyridine rings is 3. The Morgan fingerprint density at radius 1 is 1.00 bits per heavy atom. The quantitative estimate of drug-likeness (QED) is 0.268. The largest absolute Gasteiger partial charge is 0.366 e. The zero-order valence-electron chi connectivity index (χ0n) is 20.7. The van der Waals surface area contributed by atoms with Gasteiger partial charge in [0.1, 0.15) is 17.5 Å². The van der Waals surface area contributed by atoms with Gasteiger partial charge in [0.2, 0.25) is 0 Å². The lowest BCUT2D eigenvalue weighted by atomic mass is 9.80. The van der Waals surface area contributed by atoms with Crippen LogP contribution in [0, 0.1) is 5.41 Å². The molecule has 8 nitrogen and oxygen atoms in total. The number of anilines is 3. The minimum absolute atomic E-state index is 0.0844. The highest BCUT2D eigenvalue weighted by atomic mass is 35.5. The van der Waals surface area contributed by atoms with E-state index < -0.39 is 0 Å². The molecule has 37 heavy (non-hydrogen) atoms. The third kappa shape index (κ3) is 5.06. The number of nitrogens with zero attached hydrogens (tertiary/aromatic N) is 5. The molecule has 0 radical (unpaired) electrons. The van der Waals surface area contributed by atoms with Crippen molar-refractivity contribution < 1.29 is 0 Å². The average Bonchev–Trinajstić information content (AvgIpc) is 3.72. The van der Waals surface area contributed by atoms with Gasteiger partial charge in [0.25, 0.3) is 0 Å². The van der Waals surface area contributed by atoms with Gasteiger partial charge >= 0.3 is 0 Å². The topological polar surface area (TPSA) is 101 Å². The van der Waals surface area contributed by atoms with Gasteiger partial charge < -0.3 is 16.0 Å². The number of aromatic nitrogens is 5. The third-order valence-corrected chi connectivity index (χ3v) is 7.67. The van der Waals surface area contributed by atoms with Crippen molar-refractivity contribution in [2.24, 2.45) is 5.41 Å². The van der Waals surface area contributed by atoms with Crippen LogP contribution in [-0.2, 0) is 0 Å². The van der Waals surface area contributed by atoms with Gasteiger partial charge in [-0.05, 0) is 60.9 Å². The lowest BCUT2D eigenvalue weighted by molar-refractivity contribution is 0.236. The minimum atomic E-state index is 0.0844. The molecule has 4 aromatic heterocycles. The molecule has 1 aliphatic carbocycles. The smallest absolute Gasteiger partial charge is 0.162 e. The number of piperidine rings is 1. The molecular weight excluding hydrogens is 507 g/mol. The van der Waals surface area contributed by atoms with Gasteiger partial charge in [0, 0.05) is 42.1 Å². The summed E-state index contributed by atoms with van der Waals surface area (Å²) in [4.78, 5) is 23.3. The van der Waals surface area contributed by atoms with E-state index in [1.54, 1.807) is 12.3 Å². The van der Waals surface area contributed by atoms with Crippen molar-refractivity contribution in [3.05, 3.63) is 58.6 Å². The third-order valence-electron chi connectivity index (χ3n) is 7.17. The maximum atomic E-state index is 6.30. The van der Waals surface area contributed by atoms with E-state index >= 15 is 0 Å². The van der Waals surface area contributed by atoms with Gasteiger partial charge in [0.15, 0.2) is 5.82 Å². The summed E-state index contributed by atoms with van der Waals surface area (Å²) in [5, 5.41) is 12.5. The van der Waals surface area contributed by atoms with Crippen molar-refractivity contribution in [2.45, 2.75) is 45.1 Å². The predicted molar refractivity (Wildman–Crippen MR) is 149 cm³/mol. The summed E-state index contributed by atoms with van der Waals surface area (Å²) >= 11 is 12.3. The van der Waals surface area contributed by atoms with E-state index in [1.165, 1.54) is 24.6 Å². The summed E-state index contributed by atoms with van der Waals surface area (Å²) in [6.07, 6.45) is 10.5. The summed E-state index contributed by atoms with van der Waals surface area (Å²) in [6, 6.07) is 5.72. The zero-order chi connectivity index (χ0) is 25.6. The van der Waals surface area contributed by atoms with E-state index in [1.807, 2.05) is 24.5 Å². The molecule has 1 saturated carbocycles. The van der Waals surface area contributed by atoms with Crippen LogP contribution in [-0.4, -0.2) is 44.1 Å². The molecule has 3 N–H and O–H groups in total. The number of fused-ring (bicyclic) bond motifs is 1. The van der Waals surface area contributed by atoms with Crippen LogP contribution in [0.5, 0.6) is 0 Å². The fraction of sp³-hybridized carbons (Fsp3) is 0.370. The van der Waals surface area contributed by atoms with Crippen LogP contribution in [0.2, 0.25) is 10.0 Å². The van der Waals surface area contributed by atoms with E-state index in [2.05, 4.69) is 44.7 Å². The van der Waals surface area contributed by atoms with Crippen LogP contribution < -0.4 is 16.0 Å². The summed E-state index contributed by atoms with van der Waals surface area (Å²) in [5.41, 5.74) is 2.99.